The van der Waals surface area contributed by atoms with E-state index in [1.165, 1.54) is 32.1 Å². The van der Waals surface area contributed by atoms with Gasteiger partial charge in [0, 0.05) is 19.1 Å². The number of hydrogen-bond donors (Lipinski definition) is 2. The first-order chi connectivity index (χ1) is 8.34. The van der Waals surface area contributed by atoms with Crippen LogP contribution in [-0.4, -0.2) is 38.4 Å². The van der Waals surface area contributed by atoms with E-state index in [9.17, 15) is 0 Å². The van der Waals surface area contributed by atoms with Crippen molar-refractivity contribution < 1.29 is 4.74 Å². The van der Waals surface area contributed by atoms with Gasteiger partial charge in [-0.3, -0.25) is 0 Å². The fourth-order valence-electron chi connectivity index (χ4n) is 2.94. The molecule has 0 aromatic heterocycles. The summed E-state index contributed by atoms with van der Waals surface area (Å²) >= 11 is 0. The molecule has 3 atom stereocenters. The van der Waals surface area contributed by atoms with E-state index in [4.69, 9.17) is 4.74 Å². The molecular weight excluding hydrogens is 212 g/mol. The first-order valence-electron chi connectivity index (χ1n) is 7.40. The molecule has 3 nitrogen and oxygen atoms in total. The Balaban J connectivity index is 1.57. The van der Waals surface area contributed by atoms with Gasteiger partial charge in [-0.15, -0.1) is 0 Å². The Bertz CT molecular complexity index is 204. The van der Waals surface area contributed by atoms with Gasteiger partial charge in [0.1, 0.15) is 0 Å². The molecule has 3 unspecified atom stereocenters. The molecule has 1 saturated heterocycles. The van der Waals surface area contributed by atoms with Gasteiger partial charge in [-0.2, -0.15) is 0 Å². The lowest BCUT2D eigenvalue weighted by Crippen LogP contribution is -2.41. The lowest BCUT2D eigenvalue weighted by molar-refractivity contribution is 0.0234. The second kappa shape index (κ2) is 7.34. The summed E-state index contributed by atoms with van der Waals surface area (Å²) in [6.45, 7) is 6.44. The third-order valence-electron chi connectivity index (χ3n) is 4.16. The molecule has 0 spiro atoms. The van der Waals surface area contributed by atoms with Crippen LogP contribution in [0.4, 0.5) is 0 Å². The standard InChI is InChI=1S/C14H28N2O/c1-12-3-2-4-13(6-5-12)16-8-7-14-11-15-9-10-17-14/h12-16H,2-11H2,1H3. The lowest BCUT2D eigenvalue weighted by atomic mass is 10.0. The van der Waals surface area contributed by atoms with Crippen molar-refractivity contribution in [2.45, 2.75) is 57.6 Å². The molecule has 0 radical (unpaired) electrons. The van der Waals surface area contributed by atoms with Crippen LogP contribution in [-0.2, 0) is 4.74 Å². The van der Waals surface area contributed by atoms with Crippen LogP contribution in [0.3, 0.4) is 0 Å². The van der Waals surface area contributed by atoms with Crippen LogP contribution < -0.4 is 10.6 Å². The summed E-state index contributed by atoms with van der Waals surface area (Å²) < 4.78 is 5.71. The minimum absolute atomic E-state index is 0.431. The van der Waals surface area contributed by atoms with Gasteiger partial charge in [0.05, 0.1) is 12.7 Å². The SMILES string of the molecule is CC1CCCC(NCCC2CNCCO2)CC1. The molecule has 0 bridgehead atoms. The number of ether oxygens (including phenoxy) is 1. The summed E-state index contributed by atoms with van der Waals surface area (Å²) in [5, 5.41) is 7.11. The van der Waals surface area contributed by atoms with Crippen molar-refractivity contribution in [3.63, 3.8) is 0 Å². The summed E-state index contributed by atoms with van der Waals surface area (Å²) in [4.78, 5) is 0. The van der Waals surface area contributed by atoms with Crippen molar-refractivity contribution in [2.24, 2.45) is 5.92 Å². The van der Waals surface area contributed by atoms with Gasteiger partial charge in [0.25, 0.3) is 0 Å². The van der Waals surface area contributed by atoms with Gasteiger partial charge in [-0.05, 0) is 38.1 Å². The second-order valence-electron chi connectivity index (χ2n) is 5.75. The maximum atomic E-state index is 5.71. The van der Waals surface area contributed by atoms with Crippen LogP contribution in [0.1, 0.15) is 45.4 Å². The van der Waals surface area contributed by atoms with Crippen LogP contribution in [0.15, 0.2) is 0 Å². The van der Waals surface area contributed by atoms with Gasteiger partial charge in [0.15, 0.2) is 0 Å². The highest BCUT2D eigenvalue weighted by molar-refractivity contribution is 4.75. The maximum Gasteiger partial charge on any atom is 0.0712 e. The minimum Gasteiger partial charge on any atom is -0.376 e. The van der Waals surface area contributed by atoms with Crippen molar-refractivity contribution in [1.29, 1.82) is 0 Å². The first kappa shape index (κ1) is 13.3. The lowest BCUT2D eigenvalue weighted by Gasteiger charge is -2.25. The summed E-state index contributed by atoms with van der Waals surface area (Å²) in [6, 6.07) is 0.761. The molecule has 100 valence electrons. The topological polar surface area (TPSA) is 33.3 Å². The van der Waals surface area contributed by atoms with E-state index >= 15 is 0 Å². The van der Waals surface area contributed by atoms with Gasteiger partial charge >= 0.3 is 0 Å². The Hall–Kier alpha value is -0.120. The molecule has 2 rings (SSSR count). The Morgan fingerprint density at radius 2 is 2.18 bits per heavy atom. The fraction of sp³-hybridized carbons (Fsp3) is 1.00. The molecule has 2 aliphatic rings. The van der Waals surface area contributed by atoms with Crippen molar-refractivity contribution in [3.8, 4) is 0 Å². The predicted molar refractivity (Wildman–Crippen MR) is 71.3 cm³/mol. The Labute approximate surface area is 106 Å². The molecule has 2 fully saturated rings. The largest absolute Gasteiger partial charge is 0.376 e. The highest BCUT2D eigenvalue weighted by atomic mass is 16.5. The smallest absolute Gasteiger partial charge is 0.0712 e. The third kappa shape index (κ3) is 4.94. The first-order valence-corrected chi connectivity index (χ1v) is 7.40. The normalized spacial score (nSPS) is 35.5. The summed E-state index contributed by atoms with van der Waals surface area (Å²) in [6.07, 6.45) is 8.55. The molecular formula is C14H28N2O. The number of morpholine rings is 1. The minimum atomic E-state index is 0.431. The van der Waals surface area contributed by atoms with E-state index in [-0.39, 0.29) is 0 Å². The maximum absolute atomic E-state index is 5.71. The van der Waals surface area contributed by atoms with E-state index in [0.717, 1.165) is 44.6 Å². The predicted octanol–water partition coefficient (Wildman–Crippen LogP) is 1.92. The third-order valence-corrected chi connectivity index (χ3v) is 4.16. The summed E-state index contributed by atoms with van der Waals surface area (Å²) in [5.74, 6) is 0.938. The quantitative estimate of drug-likeness (QED) is 0.737. The van der Waals surface area contributed by atoms with E-state index in [1.54, 1.807) is 0 Å². The molecule has 0 aromatic rings. The molecule has 3 heteroatoms. The van der Waals surface area contributed by atoms with Gasteiger partial charge < -0.3 is 15.4 Å². The zero-order chi connectivity index (χ0) is 11.9. The van der Waals surface area contributed by atoms with Crippen LogP contribution >= 0.6 is 0 Å². The van der Waals surface area contributed by atoms with Crippen molar-refractivity contribution in [3.05, 3.63) is 0 Å². The van der Waals surface area contributed by atoms with Crippen LogP contribution in [0.2, 0.25) is 0 Å². The number of rotatable bonds is 4. The zero-order valence-corrected chi connectivity index (χ0v) is 11.2. The van der Waals surface area contributed by atoms with Crippen molar-refractivity contribution in [1.82, 2.24) is 10.6 Å². The Morgan fingerprint density at radius 3 is 3.00 bits per heavy atom. The zero-order valence-electron chi connectivity index (χ0n) is 11.2. The number of nitrogens with one attached hydrogen (secondary N) is 2. The average molecular weight is 240 g/mol. The van der Waals surface area contributed by atoms with Crippen LogP contribution in [0.25, 0.3) is 0 Å². The molecule has 1 heterocycles. The van der Waals surface area contributed by atoms with Crippen molar-refractivity contribution >= 4 is 0 Å². The monoisotopic (exact) mass is 240 g/mol. The summed E-state index contributed by atoms with van der Waals surface area (Å²) in [5.41, 5.74) is 0. The molecule has 2 N–H and O–H groups in total. The van der Waals surface area contributed by atoms with Crippen LogP contribution in [0, 0.1) is 5.92 Å². The molecule has 0 aromatic carbocycles. The highest BCUT2D eigenvalue weighted by Crippen LogP contribution is 2.22. The van der Waals surface area contributed by atoms with Gasteiger partial charge in [0.2, 0.25) is 0 Å². The Kier molecular flexibility index (Phi) is 5.75. The molecule has 1 saturated carbocycles. The highest BCUT2D eigenvalue weighted by Gasteiger charge is 2.17. The number of hydrogen-bond acceptors (Lipinski definition) is 3. The van der Waals surface area contributed by atoms with E-state index < -0.39 is 0 Å². The van der Waals surface area contributed by atoms with E-state index in [2.05, 4.69) is 17.6 Å². The van der Waals surface area contributed by atoms with E-state index in [0.29, 0.717) is 6.10 Å². The molecule has 1 aliphatic carbocycles. The Morgan fingerprint density at radius 1 is 1.24 bits per heavy atom. The van der Waals surface area contributed by atoms with Crippen LogP contribution in [0.5, 0.6) is 0 Å². The molecule has 0 amide bonds. The molecule has 1 aliphatic heterocycles. The van der Waals surface area contributed by atoms with Crippen molar-refractivity contribution in [2.75, 3.05) is 26.2 Å². The average Bonchev–Trinajstić information content (AvgIpc) is 2.56. The molecule has 17 heavy (non-hydrogen) atoms. The van der Waals surface area contributed by atoms with Gasteiger partial charge in [-0.1, -0.05) is 19.8 Å². The second-order valence-corrected chi connectivity index (χ2v) is 5.75. The fourth-order valence-corrected chi connectivity index (χ4v) is 2.94. The van der Waals surface area contributed by atoms with Gasteiger partial charge in [-0.25, -0.2) is 0 Å². The summed E-state index contributed by atoms with van der Waals surface area (Å²) in [7, 11) is 0. The van der Waals surface area contributed by atoms with E-state index in [1.807, 2.05) is 0 Å².